The van der Waals surface area contributed by atoms with Crippen LogP contribution in [0.2, 0.25) is 5.02 Å². The Morgan fingerprint density at radius 2 is 1.45 bits per heavy atom. The highest BCUT2D eigenvalue weighted by Gasteiger charge is 2.22. The van der Waals surface area contributed by atoms with Gasteiger partial charge >= 0.3 is 0 Å². The van der Waals surface area contributed by atoms with Crippen molar-refractivity contribution < 1.29 is 14.9 Å². The fourth-order valence-electron chi connectivity index (χ4n) is 2.87. The lowest BCUT2D eigenvalue weighted by Crippen LogP contribution is -1.97. The predicted octanol–water partition coefficient (Wildman–Crippen LogP) is 4.12. The zero-order valence-electron chi connectivity index (χ0n) is 12.1. The van der Waals surface area contributed by atoms with Crippen molar-refractivity contribution in [3.05, 3.63) is 58.6 Å². The van der Waals surface area contributed by atoms with Gasteiger partial charge in [-0.1, -0.05) is 29.8 Å². The number of benzene rings is 2. The first-order chi connectivity index (χ1) is 10.7. The van der Waals surface area contributed by atoms with Gasteiger partial charge in [0.1, 0.15) is 11.5 Å². The lowest BCUT2D eigenvalue weighted by molar-refractivity contribution is 0.301. The van der Waals surface area contributed by atoms with Crippen LogP contribution in [0.5, 0.6) is 11.5 Å². The molecule has 2 aromatic carbocycles. The fraction of sp³-hybridized carbons (Fsp3) is 0.222. The number of rotatable bonds is 4. The molecule has 4 heteroatoms. The summed E-state index contributed by atoms with van der Waals surface area (Å²) < 4.78 is 6.05. The summed E-state index contributed by atoms with van der Waals surface area (Å²) in [6, 6.07) is 13.2. The van der Waals surface area contributed by atoms with Crippen molar-refractivity contribution in [2.45, 2.75) is 12.8 Å². The molecule has 0 spiro atoms. The van der Waals surface area contributed by atoms with Crippen LogP contribution in [0.25, 0.3) is 11.1 Å². The molecule has 0 bridgehead atoms. The van der Waals surface area contributed by atoms with E-state index in [1.807, 2.05) is 36.4 Å². The molecule has 1 aliphatic rings. The first-order valence-corrected chi connectivity index (χ1v) is 7.63. The van der Waals surface area contributed by atoms with Gasteiger partial charge in [0.05, 0.1) is 0 Å². The third-order valence-corrected chi connectivity index (χ3v) is 4.02. The van der Waals surface area contributed by atoms with E-state index in [0.29, 0.717) is 23.6 Å². The van der Waals surface area contributed by atoms with Gasteiger partial charge in [0.25, 0.3) is 0 Å². The molecule has 0 unspecified atom stereocenters. The van der Waals surface area contributed by atoms with Crippen LogP contribution in [0.4, 0.5) is 0 Å². The molecule has 2 aromatic rings. The smallest absolute Gasteiger partial charge is 0.135 e. The third kappa shape index (κ3) is 2.75. The van der Waals surface area contributed by atoms with Crippen LogP contribution < -0.4 is 4.74 Å². The van der Waals surface area contributed by atoms with E-state index in [2.05, 4.69) is 0 Å². The summed E-state index contributed by atoms with van der Waals surface area (Å²) in [5.74, 6) is 1.47. The Balaban J connectivity index is 2.30. The molecule has 0 fully saturated rings. The number of halogens is 1. The van der Waals surface area contributed by atoms with Crippen molar-refractivity contribution in [1.82, 2.24) is 0 Å². The predicted molar refractivity (Wildman–Crippen MR) is 88.2 cm³/mol. The molecule has 0 amide bonds. The molecule has 0 aromatic heterocycles. The Labute approximate surface area is 134 Å². The Hall–Kier alpha value is -1.81. The maximum atomic E-state index is 9.47. The molecule has 1 aliphatic heterocycles. The molecule has 0 atom stereocenters. The van der Waals surface area contributed by atoms with Crippen molar-refractivity contribution in [3.63, 3.8) is 0 Å². The lowest BCUT2D eigenvalue weighted by Gasteiger charge is -2.13. The Morgan fingerprint density at radius 3 is 2.18 bits per heavy atom. The first kappa shape index (κ1) is 15.1. The minimum Gasteiger partial charge on any atom is -0.456 e. The minimum atomic E-state index is 0.0262. The van der Waals surface area contributed by atoms with Gasteiger partial charge in [-0.2, -0.15) is 0 Å². The topological polar surface area (TPSA) is 49.7 Å². The number of fused-ring (bicyclic) bond motifs is 2. The van der Waals surface area contributed by atoms with E-state index in [4.69, 9.17) is 16.3 Å². The molecule has 0 radical (unpaired) electrons. The molecule has 0 aliphatic carbocycles. The summed E-state index contributed by atoms with van der Waals surface area (Å²) in [6.45, 7) is 0.0624. The second-order valence-corrected chi connectivity index (χ2v) is 5.58. The normalized spacial score (nSPS) is 13.2. The summed E-state index contributed by atoms with van der Waals surface area (Å²) in [5.41, 5.74) is 3.79. The average Bonchev–Trinajstić information content (AvgIpc) is 2.64. The summed E-state index contributed by atoms with van der Waals surface area (Å²) in [7, 11) is 0. The SMILES string of the molecule is OCCC1=C(CCO)c2cc(Cl)ccc2Oc2ccccc21. The molecule has 22 heavy (non-hydrogen) atoms. The molecule has 3 nitrogen and oxygen atoms in total. The number of hydrogen-bond donors (Lipinski definition) is 2. The van der Waals surface area contributed by atoms with E-state index in [1.165, 1.54) is 0 Å². The fourth-order valence-corrected chi connectivity index (χ4v) is 3.04. The zero-order chi connectivity index (χ0) is 15.5. The molecule has 2 N–H and O–H groups in total. The standard InChI is InChI=1S/C18H17ClO3/c19-12-5-6-18-16(11-12)14(8-10-21)13(7-9-20)15-3-1-2-4-17(15)22-18/h1-6,11,20-21H,7-10H2. The molecular formula is C18H17ClO3. The highest BCUT2D eigenvalue weighted by molar-refractivity contribution is 6.30. The van der Waals surface area contributed by atoms with E-state index in [0.717, 1.165) is 28.0 Å². The Kier molecular flexibility index (Phi) is 4.48. The van der Waals surface area contributed by atoms with Crippen LogP contribution in [0.1, 0.15) is 24.0 Å². The lowest BCUT2D eigenvalue weighted by atomic mass is 9.91. The van der Waals surface area contributed by atoms with Gasteiger partial charge in [0.2, 0.25) is 0 Å². The van der Waals surface area contributed by atoms with Crippen LogP contribution in [0.15, 0.2) is 42.5 Å². The largest absolute Gasteiger partial charge is 0.456 e. The van der Waals surface area contributed by atoms with Crippen LogP contribution in [0, 0.1) is 0 Å². The summed E-state index contributed by atoms with van der Waals surface area (Å²) >= 11 is 6.14. The number of para-hydroxylation sites is 1. The molecule has 0 saturated heterocycles. The Morgan fingerprint density at radius 1 is 0.818 bits per heavy atom. The van der Waals surface area contributed by atoms with E-state index in [-0.39, 0.29) is 13.2 Å². The van der Waals surface area contributed by atoms with Crippen molar-refractivity contribution in [2.24, 2.45) is 0 Å². The monoisotopic (exact) mass is 316 g/mol. The van der Waals surface area contributed by atoms with Crippen molar-refractivity contribution in [3.8, 4) is 11.5 Å². The highest BCUT2D eigenvalue weighted by atomic mass is 35.5. The average molecular weight is 317 g/mol. The van der Waals surface area contributed by atoms with Gasteiger partial charge in [-0.05, 0) is 48.3 Å². The summed E-state index contributed by atoms with van der Waals surface area (Å²) in [5, 5.41) is 19.5. The third-order valence-electron chi connectivity index (χ3n) is 3.79. The molecule has 114 valence electrons. The van der Waals surface area contributed by atoms with E-state index >= 15 is 0 Å². The van der Waals surface area contributed by atoms with Gasteiger partial charge in [-0.15, -0.1) is 0 Å². The van der Waals surface area contributed by atoms with Gasteiger partial charge in [0, 0.05) is 29.4 Å². The number of aliphatic hydroxyl groups is 2. The number of ether oxygens (including phenoxy) is 1. The van der Waals surface area contributed by atoms with Crippen LogP contribution >= 0.6 is 11.6 Å². The maximum Gasteiger partial charge on any atom is 0.135 e. The van der Waals surface area contributed by atoms with Crippen LogP contribution in [0.3, 0.4) is 0 Å². The van der Waals surface area contributed by atoms with Gasteiger partial charge < -0.3 is 14.9 Å². The summed E-state index contributed by atoms with van der Waals surface area (Å²) in [4.78, 5) is 0. The summed E-state index contributed by atoms with van der Waals surface area (Å²) in [6.07, 6.45) is 0.988. The van der Waals surface area contributed by atoms with Gasteiger partial charge in [-0.25, -0.2) is 0 Å². The van der Waals surface area contributed by atoms with Crippen LogP contribution in [-0.2, 0) is 0 Å². The molecular weight excluding hydrogens is 300 g/mol. The minimum absolute atomic E-state index is 0.0262. The zero-order valence-corrected chi connectivity index (χ0v) is 12.8. The van der Waals surface area contributed by atoms with Crippen molar-refractivity contribution >= 4 is 22.7 Å². The molecule has 3 rings (SSSR count). The van der Waals surface area contributed by atoms with E-state index in [9.17, 15) is 10.2 Å². The van der Waals surface area contributed by atoms with Gasteiger partial charge in [-0.3, -0.25) is 0 Å². The second-order valence-electron chi connectivity index (χ2n) is 5.14. The molecule has 1 heterocycles. The van der Waals surface area contributed by atoms with E-state index < -0.39 is 0 Å². The van der Waals surface area contributed by atoms with Gasteiger partial charge in [0.15, 0.2) is 0 Å². The van der Waals surface area contributed by atoms with Crippen molar-refractivity contribution in [1.29, 1.82) is 0 Å². The Bertz CT molecular complexity index is 722. The quantitative estimate of drug-likeness (QED) is 0.892. The van der Waals surface area contributed by atoms with E-state index in [1.54, 1.807) is 6.07 Å². The second kappa shape index (κ2) is 6.53. The maximum absolute atomic E-state index is 9.47. The molecule has 0 saturated carbocycles. The van der Waals surface area contributed by atoms with Crippen molar-refractivity contribution in [2.75, 3.05) is 13.2 Å². The highest BCUT2D eigenvalue weighted by Crippen LogP contribution is 2.45. The first-order valence-electron chi connectivity index (χ1n) is 7.25. The van der Waals surface area contributed by atoms with Crippen LogP contribution in [-0.4, -0.2) is 23.4 Å². The number of hydrogen-bond acceptors (Lipinski definition) is 3. The number of aliphatic hydroxyl groups excluding tert-OH is 2.